The minimum absolute atomic E-state index is 0.126. The van der Waals surface area contributed by atoms with Gasteiger partial charge in [-0.1, -0.05) is 0 Å². The lowest BCUT2D eigenvalue weighted by molar-refractivity contribution is 0.0697. The van der Waals surface area contributed by atoms with Crippen molar-refractivity contribution in [1.82, 2.24) is 9.97 Å². The number of hydrogen-bond donors (Lipinski definition) is 3. The van der Waals surface area contributed by atoms with Crippen LogP contribution >= 0.6 is 0 Å². The number of nitrogens with one attached hydrogen (secondary N) is 2. The van der Waals surface area contributed by atoms with Crippen molar-refractivity contribution in [2.24, 2.45) is 0 Å². The van der Waals surface area contributed by atoms with Gasteiger partial charge in [-0.15, -0.1) is 0 Å². The van der Waals surface area contributed by atoms with Crippen molar-refractivity contribution >= 4 is 29.0 Å². The van der Waals surface area contributed by atoms with Gasteiger partial charge in [-0.05, 0) is 69.3 Å². The van der Waals surface area contributed by atoms with E-state index in [9.17, 15) is 4.79 Å². The smallest absolute Gasteiger partial charge is 0.335 e. The van der Waals surface area contributed by atoms with Crippen molar-refractivity contribution in [3.8, 4) is 5.75 Å². The number of carboxylic acid groups (broad SMARTS) is 1. The van der Waals surface area contributed by atoms with Gasteiger partial charge in [0.2, 0.25) is 0 Å². The maximum Gasteiger partial charge on any atom is 0.335 e. The average Bonchev–Trinajstić information content (AvgIpc) is 2.63. The van der Waals surface area contributed by atoms with Gasteiger partial charge in [0.05, 0.1) is 11.7 Å². The lowest BCUT2D eigenvalue weighted by atomic mass is 10.2. The number of rotatable bonds is 7. The molecular weight excluding hydrogens is 356 g/mol. The van der Waals surface area contributed by atoms with Crippen LogP contribution in [0.4, 0.5) is 23.0 Å². The van der Waals surface area contributed by atoms with Crippen LogP contribution in [0.2, 0.25) is 0 Å². The molecular formula is C21H22N4O3. The zero-order valence-electron chi connectivity index (χ0n) is 15.9. The molecule has 0 spiro atoms. The van der Waals surface area contributed by atoms with Gasteiger partial charge in [0.15, 0.2) is 0 Å². The Balaban J connectivity index is 1.73. The molecule has 144 valence electrons. The molecule has 7 nitrogen and oxygen atoms in total. The molecule has 0 aliphatic rings. The molecule has 0 radical (unpaired) electrons. The van der Waals surface area contributed by atoms with Gasteiger partial charge in [0.1, 0.15) is 23.2 Å². The normalized spacial score (nSPS) is 10.6. The Morgan fingerprint density at radius 3 is 1.89 bits per heavy atom. The van der Waals surface area contributed by atoms with Crippen LogP contribution in [-0.4, -0.2) is 27.1 Å². The molecule has 2 aromatic carbocycles. The second-order valence-corrected chi connectivity index (χ2v) is 6.51. The van der Waals surface area contributed by atoms with E-state index in [0.717, 1.165) is 17.1 Å². The molecule has 0 bridgehead atoms. The lowest BCUT2D eigenvalue weighted by Gasteiger charge is -2.12. The third-order valence-electron chi connectivity index (χ3n) is 3.74. The molecule has 1 heterocycles. The first-order valence-corrected chi connectivity index (χ1v) is 8.89. The predicted molar refractivity (Wildman–Crippen MR) is 109 cm³/mol. The molecule has 28 heavy (non-hydrogen) atoms. The standard InChI is InChI=1S/C21H22N4O3/c1-13(2)28-18-10-8-17(9-11-18)25-20-12-19(22-14(3)23-20)24-16-6-4-15(5-7-16)21(26)27/h4-13H,1-3H3,(H,26,27)(H2,22,23,24,25). The fourth-order valence-electron chi connectivity index (χ4n) is 2.58. The molecule has 0 saturated heterocycles. The summed E-state index contributed by atoms with van der Waals surface area (Å²) in [6, 6.07) is 15.9. The number of nitrogens with zero attached hydrogens (tertiary/aromatic N) is 2. The minimum Gasteiger partial charge on any atom is -0.491 e. The summed E-state index contributed by atoms with van der Waals surface area (Å²) in [5.41, 5.74) is 1.85. The minimum atomic E-state index is -0.958. The van der Waals surface area contributed by atoms with Crippen LogP contribution < -0.4 is 15.4 Å². The summed E-state index contributed by atoms with van der Waals surface area (Å²) in [6.07, 6.45) is 0.126. The Morgan fingerprint density at radius 2 is 1.43 bits per heavy atom. The summed E-state index contributed by atoms with van der Waals surface area (Å²) in [6.45, 7) is 5.78. The zero-order valence-corrected chi connectivity index (χ0v) is 15.9. The largest absolute Gasteiger partial charge is 0.491 e. The van der Waals surface area contributed by atoms with Gasteiger partial charge in [0.25, 0.3) is 0 Å². The highest BCUT2D eigenvalue weighted by Gasteiger charge is 2.06. The van der Waals surface area contributed by atoms with Gasteiger partial charge in [-0.3, -0.25) is 0 Å². The number of carbonyl (C=O) groups is 1. The van der Waals surface area contributed by atoms with Crippen LogP contribution in [0.25, 0.3) is 0 Å². The van der Waals surface area contributed by atoms with E-state index in [1.165, 1.54) is 0 Å². The fraction of sp³-hybridized carbons (Fsp3) is 0.190. The topological polar surface area (TPSA) is 96.4 Å². The molecule has 3 aromatic rings. The molecule has 0 aliphatic heterocycles. The quantitative estimate of drug-likeness (QED) is 0.545. The van der Waals surface area contributed by atoms with Crippen LogP contribution in [0.15, 0.2) is 54.6 Å². The second-order valence-electron chi connectivity index (χ2n) is 6.51. The SMILES string of the molecule is Cc1nc(Nc2ccc(OC(C)C)cc2)cc(Nc2ccc(C(=O)O)cc2)n1. The highest BCUT2D eigenvalue weighted by Crippen LogP contribution is 2.23. The molecule has 3 rings (SSSR count). The first-order valence-electron chi connectivity index (χ1n) is 8.89. The molecule has 7 heteroatoms. The number of ether oxygens (including phenoxy) is 1. The Kier molecular flexibility index (Phi) is 5.74. The molecule has 0 unspecified atom stereocenters. The van der Waals surface area contributed by atoms with E-state index in [4.69, 9.17) is 9.84 Å². The monoisotopic (exact) mass is 378 g/mol. The summed E-state index contributed by atoms with van der Waals surface area (Å²) >= 11 is 0. The van der Waals surface area contributed by atoms with Crippen LogP contribution in [0.1, 0.15) is 30.0 Å². The first-order chi connectivity index (χ1) is 13.4. The van der Waals surface area contributed by atoms with Crippen molar-refractivity contribution in [3.63, 3.8) is 0 Å². The van der Waals surface area contributed by atoms with Crippen molar-refractivity contribution in [2.45, 2.75) is 26.9 Å². The lowest BCUT2D eigenvalue weighted by Crippen LogP contribution is -2.05. The molecule has 1 aromatic heterocycles. The van der Waals surface area contributed by atoms with E-state index in [1.807, 2.05) is 45.0 Å². The number of benzene rings is 2. The Bertz CT molecular complexity index is 954. The van der Waals surface area contributed by atoms with Crippen molar-refractivity contribution in [1.29, 1.82) is 0 Å². The van der Waals surface area contributed by atoms with Gasteiger partial charge < -0.3 is 20.5 Å². The number of aryl methyl sites for hydroxylation is 1. The van der Waals surface area contributed by atoms with Crippen LogP contribution in [0.5, 0.6) is 5.75 Å². The number of carboxylic acids is 1. The van der Waals surface area contributed by atoms with Crippen molar-refractivity contribution < 1.29 is 14.6 Å². The number of hydrogen-bond acceptors (Lipinski definition) is 6. The van der Waals surface area contributed by atoms with E-state index in [0.29, 0.717) is 17.5 Å². The van der Waals surface area contributed by atoms with Gasteiger partial charge in [-0.2, -0.15) is 0 Å². The third kappa shape index (κ3) is 5.20. The molecule has 0 fully saturated rings. The summed E-state index contributed by atoms with van der Waals surface area (Å²) in [5, 5.41) is 15.4. The van der Waals surface area contributed by atoms with E-state index < -0.39 is 5.97 Å². The summed E-state index contributed by atoms with van der Waals surface area (Å²) in [5.74, 6) is 1.72. The maximum absolute atomic E-state index is 10.9. The van der Waals surface area contributed by atoms with Crippen molar-refractivity contribution in [2.75, 3.05) is 10.6 Å². The summed E-state index contributed by atoms with van der Waals surface area (Å²) in [7, 11) is 0. The molecule has 0 amide bonds. The molecule has 3 N–H and O–H groups in total. The van der Waals surface area contributed by atoms with Gasteiger partial charge >= 0.3 is 5.97 Å². The molecule has 0 aliphatic carbocycles. The molecule has 0 atom stereocenters. The molecule has 0 saturated carbocycles. The van der Waals surface area contributed by atoms with Crippen LogP contribution in [-0.2, 0) is 0 Å². The number of anilines is 4. The first kappa shape index (κ1) is 19.2. The van der Waals surface area contributed by atoms with Crippen LogP contribution in [0.3, 0.4) is 0 Å². The van der Waals surface area contributed by atoms with E-state index in [1.54, 1.807) is 30.3 Å². The van der Waals surface area contributed by atoms with Gasteiger partial charge in [-0.25, -0.2) is 14.8 Å². The van der Waals surface area contributed by atoms with E-state index in [2.05, 4.69) is 20.6 Å². The van der Waals surface area contributed by atoms with Crippen LogP contribution in [0, 0.1) is 6.92 Å². The van der Waals surface area contributed by atoms with Crippen molar-refractivity contribution in [3.05, 3.63) is 66.0 Å². The highest BCUT2D eigenvalue weighted by molar-refractivity contribution is 5.88. The van der Waals surface area contributed by atoms with Gasteiger partial charge in [0, 0.05) is 17.4 Å². The third-order valence-corrected chi connectivity index (χ3v) is 3.74. The summed E-state index contributed by atoms with van der Waals surface area (Å²) in [4.78, 5) is 19.7. The predicted octanol–water partition coefficient (Wildman–Crippen LogP) is 4.76. The maximum atomic E-state index is 10.9. The highest BCUT2D eigenvalue weighted by atomic mass is 16.5. The van der Waals surface area contributed by atoms with E-state index in [-0.39, 0.29) is 11.7 Å². The number of aromatic nitrogens is 2. The average molecular weight is 378 g/mol. The second kappa shape index (κ2) is 8.39. The fourth-order valence-corrected chi connectivity index (χ4v) is 2.58. The van der Waals surface area contributed by atoms with E-state index >= 15 is 0 Å². The number of aromatic carboxylic acids is 1. The zero-order chi connectivity index (χ0) is 20.1. The summed E-state index contributed by atoms with van der Waals surface area (Å²) < 4.78 is 5.65. The Labute approximate surface area is 163 Å². The Hall–Kier alpha value is -3.61. The Morgan fingerprint density at radius 1 is 0.929 bits per heavy atom.